The molecule has 0 spiro atoms. The quantitative estimate of drug-likeness (QED) is 0.364. The fourth-order valence-electron chi connectivity index (χ4n) is 4.43. The smallest absolute Gasteiger partial charge is 0.283 e. The van der Waals surface area contributed by atoms with Crippen molar-refractivity contribution in [2.45, 2.75) is 18.9 Å². The highest BCUT2D eigenvalue weighted by atomic mass is 32.2. The van der Waals surface area contributed by atoms with Gasteiger partial charge in [0.1, 0.15) is 23.5 Å². The van der Waals surface area contributed by atoms with Crippen molar-refractivity contribution in [3.63, 3.8) is 0 Å². The predicted molar refractivity (Wildman–Crippen MR) is 135 cm³/mol. The molecule has 0 unspecified atom stereocenters. The molecular weight excluding hydrogens is 500 g/mol. The van der Waals surface area contributed by atoms with E-state index in [1.54, 1.807) is 40.1 Å². The Labute approximate surface area is 211 Å². The number of rotatable bonds is 6. The van der Waals surface area contributed by atoms with Gasteiger partial charge < -0.3 is 0 Å². The first-order chi connectivity index (χ1) is 17.7. The van der Waals surface area contributed by atoms with Crippen molar-refractivity contribution in [2.24, 2.45) is 12.2 Å². The molecule has 2 N–H and O–H groups in total. The third kappa shape index (κ3) is 4.34. The van der Waals surface area contributed by atoms with Crippen LogP contribution in [0.2, 0.25) is 0 Å². The molecular formula is C25H21F2N7O2S. The second kappa shape index (κ2) is 8.46. The van der Waals surface area contributed by atoms with Gasteiger partial charge in [-0.1, -0.05) is 0 Å². The summed E-state index contributed by atoms with van der Waals surface area (Å²) in [6.45, 7) is 0. The SMILES string of the molecule is Cn1cc(-c2cnc3c(c2)ncn3-c2cc(-c3ccc(F)cc3F)cc(N(C3CC3)S(N)(=O)=O)c2)cn1. The average Bonchev–Trinajstić information content (AvgIpc) is 3.40. The van der Waals surface area contributed by atoms with Crippen LogP contribution >= 0.6 is 0 Å². The van der Waals surface area contributed by atoms with Gasteiger partial charge in [-0.05, 0) is 54.8 Å². The summed E-state index contributed by atoms with van der Waals surface area (Å²) in [5.74, 6) is -1.48. The summed E-state index contributed by atoms with van der Waals surface area (Å²) in [7, 11) is -2.28. The highest BCUT2D eigenvalue weighted by molar-refractivity contribution is 7.90. The van der Waals surface area contributed by atoms with Gasteiger partial charge in [0.25, 0.3) is 10.2 Å². The zero-order valence-corrected chi connectivity index (χ0v) is 20.4. The number of hydrogen-bond donors (Lipinski definition) is 1. The van der Waals surface area contributed by atoms with Crippen molar-refractivity contribution in [3.05, 3.63) is 79.0 Å². The molecule has 0 atom stereocenters. The number of pyridine rings is 1. The molecule has 1 saturated carbocycles. The standard InChI is InChI=1S/C25H21F2N7O2S/c1-32-13-17(12-31-32)16-8-24-25(29-11-16)33(14-30-24)20-6-15(22-5-2-18(26)9-23(22)27)7-21(10-20)34(19-3-4-19)37(28,35)36/h2,5-14,19H,3-4H2,1H3,(H2,28,35,36). The van der Waals surface area contributed by atoms with E-state index < -0.39 is 21.8 Å². The highest BCUT2D eigenvalue weighted by Gasteiger charge is 2.36. The molecule has 37 heavy (non-hydrogen) atoms. The molecule has 9 nitrogen and oxygen atoms in total. The number of aryl methyl sites for hydroxylation is 1. The van der Waals surface area contributed by atoms with E-state index in [-0.39, 0.29) is 17.3 Å². The number of hydrogen-bond acceptors (Lipinski definition) is 5. The second-order valence-electron chi connectivity index (χ2n) is 9.02. The van der Waals surface area contributed by atoms with Crippen molar-refractivity contribution in [1.29, 1.82) is 0 Å². The summed E-state index contributed by atoms with van der Waals surface area (Å²) in [6.07, 6.45) is 8.18. The lowest BCUT2D eigenvalue weighted by molar-refractivity contribution is 0.585. The largest absolute Gasteiger partial charge is 0.299 e. The zero-order chi connectivity index (χ0) is 25.9. The lowest BCUT2D eigenvalue weighted by Gasteiger charge is -2.23. The van der Waals surface area contributed by atoms with Crippen molar-refractivity contribution >= 4 is 27.1 Å². The van der Waals surface area contributed by atoms with Gasteiger partial charge in [-0.3, -0.25) is 13.6 Å². The minimum atomic E-state index is -4.10. The summed E-state index contributed by atoms with van der Waals surface area (Å²) >= 11 is 0. The molecule has 1 aliphatic carbocycles. The van der Waals surface area contributed by atoms with Crippen LogP contribution in [0.5, 0.6) is 0 Å². The van der Waals surface area contributed by atoms with E-state index in [1.165, 1.54) is 12.1 Å². The first-order valence-corrected chi connectivity index (χ1v) is 12.9. The van der Waals surface area contributed by atoms with E-state index in [2.05, 4.69) is 15.1 Å². The Bertz CT molecular complexity index is 1780. The average molecular weight is 522 g/mol. The van der Waals surface area contributed by atoms with E-state index in [0.717, 1.165) is 27.6 Å². The molecule has 0 saturated heterocycles. The molecule has 6 rings (SSSR count). The van der Waals surface area contributed by atoms with Crippen molar-refractivity contribution in [1.82, 2.24) is 24.3 Å². The minimum Gasteiger partial charge on any atom is -0.283 e. The first-order valence-electron chi connectivity index (χ1n) is 11.4. The van der Waals surface area contributed by atoms with Crippen LogP contribution in [-0.2, 0) is 17.3 Å². The molecule has 0 aliphatic heterocycles. The maximum absolute atomic E-state index is 14.8. The summed E-state index contributed by atoms with van der Waals surface area (Å²) in [6, 6.07) is 9.70. The van der Waals surface area contributed by atoms with E-state index >= 15 is 0 Å². The van der Waals surface area contributed by atoms with Gasteiger partial charge in [-0.2, -0.15) is 13.5 Å². The summed E-state index contributed by atoms with van der Waals surface area (Å²) in [4.78, 5) is 9.07. The monoisotopic (exact) mass is 521 g/mol. The third-order valence-electron chi connectivity index (χ3n) is 6.26. The molecule has 0 radical (unpaired) electrons. The first kappa shape index (κ1) is 23.3. The van der Waals surface area contributed by atoms with Crippen LogP contribution < -0.4 is 9.44 Å². The second-order valence-corrected chi connectivity index (χ2v) is 10.4. The molecule has 12 heteroatoms. The maximum atomic E-state index is 14.8. The number of nitrogens with two attached hydrogens (primary N) is 1. The van der Waals surface area contributed by atoms with E-state index in [1.807, 2.05) is 19.3 Å². The van der Waals surface area contributed by atoms with Gasteiger partial charge >= 0.3 is 0 Å². The molecule has 1 fully saturated rings. The Hall–Kier alpha value is -4.16. The van der Waals surface area contributed by atoms with E-state index in [4.69, 9.17) is 5.14 Å². The summed E-state index contributed by atoms with van der Waals surface area (Å²) in [5, 5.41) is 9.75. The van der Waals surface area contributed by atoms with Gasteiger partial charge in [0.15, 0.2) is 5.65 Å². The van der Waals surface area contributed by atoms with E-state index in [9.17, 15) is 17.2 Å². The van der Waals surface area contributed by atoms with Gasteiger partial charge in [-0.15, -0.1) is 0 Å². The number of imidazole rings is 1. The molecule has 3 heterocycles. The fourth-order valence-corrected chi connectivity index (χ4v) is 5.46. The van der Waals surface area contributed by atoms with Crippen LogP contribution in [0.3, 0.4) is 0 Å². The number of aromatic nitrogens is 5. The maximum Gasteiger partial charge on any atom is 0.299 e. The predicted octanol–water partition coefficient (Wildman–Crippen LogP) is 3.94. The van der Waals surface area contributed by atoms with Crippen LogP contribution in [0.15, 0.2) is 67.4 Å². The third-order valence-corrected chi connectivity index (χ3v) is 7.31. The highest BCUT2D eigenvalue weighted by Crippen LogP contribution is 2.38. The van der Waals surface area contributed by atoms with Crippen LogP contribution in [-0.4, -0.2) is 38.8 Å². The summed E-state index contributed by atoms with van der Waals surface area (Å²) < 4.78 is 57.9. The number of benzene rings is 2. The lowest BCUT2D eigenvalue weighted by Crippen LogP contribution is -2.38. The summed E-state index contributed by atoms with van der Waals surface area (Å²) in [5.41, 5.74) is 4.08. The molecule has 1 aliphatic rings. The van der Waals surface area contributed by atoms with Crippen LogP contribution in [0.1, 0.15) is 12.8 Å². The number of nitrogens with zero attached hydrogens (tertiary/aromatic N) is 6. The fraction of sp³-hybridized carbons (Fsp3) is 0.160. The Morgan fingerprint density at radius 2 is 1.81 bits per heavy atom. The van der Waals surface area contributed by atoms with Gasteiger partial charge in [-0.25, -0.2) is 23.9 Å². The van der Waals surface area contributed by atoms with Crippen molar-refractivity contribution in [2.75, 3.05) is 4.31 Å². The minimum absolute atomic E-state index is 0.117. The van der Waals surface area contributed by atoms with Crippen LogP contribution in [0.25, 0.3) is 39.1 Å². The lowest BCUT2D eigenvalue weighted by atomic mass is 10.0. The van der Waals surface area contributed by atoms with Gasteiger partial charge in [0, 0.05) is 48.2 Å². The number of halogens is 2. The Morgan fingerprint density at radius 3 is 2.49 bits per heavy atom. The normalized spacial score (nSPS) is 13.8. The van der Waals surface area contributed by atoms with Crippen LogP contribution in [0, 0.1) is 11.6 Å². The molecule has 0 bridgehead atoms. The van der Waals surface area contributed by atoms with E-state index in [0.29, 0.717) is 35.3 Å². The number of fused-ring (bicyclic) bond motifs is 1. The van der Waals surface area contributed by atoms with Crippen LogP contribution in [0.4, 0.5) is 14.5 Å². The molecule has 2 aromatic carbocycles. The van der Waals surface area contributed by atoms with Gasteiger partial charge in [0.05, 0.1) is 17.6 Å². The van der Waals surface area contributed by atoms with Gasteiger partial charge in [0.2, 0.25) is 0 Å². The topological polar surface area (TPSA) is 112 Å². The Balaban J connectivity index is 1.53. The number of anilines is 1. The van der Waals surface area contributed by atoms with Crippen molar-refractivity contribution in [3.8, 4) is 27.9 Å². The zero-order valence-electron chi connectivity index (χ0n) is 19.6. The van der Waals surface area contributed by atoms with Crippen molar-refractivity contribution < 1.29 is 17.2 Å². The molecule has 188 valence electrons. The molecule has 3 aromatic heterocycles. The molecule has 5 aromatic rings. The molecule has 0 amide bonds. The Kier molecular flexibility index (Phi) is 5.31. The Morgan fingerprint density at radius 1 is 1.00 bits per heavy atom.